The Kier molecular flexibility index (Phi) is 4.39. The van der Waals surface area contributed by atoms with Crippen molar-refractivity contribution in [3.63, 3.8) is 0 Å². The minimum atomic E-state index is -0.647. The number of para-hydroxylation sites is 1. The van der Waals surface area contributed by atoms with Crippen molar-refractivity contribution in [1.29, 1.82) is 5.26 Å². The molecule has 19 heavy (non-hydrogen) atoms. The number of nitrogens with one attached hydrogen (secondary N) is 1. The second kappa shape index (κ2) is 6.03. The van der Waals surface area contributed by atoms with E-state index in [1.54, 1.807) is 18.2 Å². The summed E-state index contributed by atoms with van der Waals surface area (Å²) in [6.07, 6.45) is 2.45. The summed E-state index contributed by atoms with van der Waals surface area (Å²) in [6, 6.07) is 8.93. The molecule has 1 unspecified atom stereocenters. The summed E-state index contributed by atoms with van der Waals surface area (Å²) < 4.78 is 13.7. The normalized spacial score (nSPS) is 24.5. The molecule has 1 atom stereocenters. The highest BCUT2D eigenvalue weighted by atomic mass is 19.1. The van der Waals surface area contributed by atoms with Crippen molar-refractivity contribution < 1.29 is 4.39 Å². The third-order valence-electron chi connectivity index (χ3n) is 3.84. The Labute approximate surface area is 114 Å². The second-order valence-corrected chi connectivity index (χ2v) is 5.09. The van der Waals surface area contributed by atoms with Crippen LogP contribution in [0.4, 0.5) is 10.1 Å². The van der Waals surface area contributed by atoms with Crippen molar-refractivity contribution in [1.82, 2.24) is 4.90 Å². The standard InChI is InChI=1S/C15H20FN3/c1-2-19-10-5-8-15(12-17,9-11-19)18-14-7-4-3-6-13(14)16/h3-4,6-7,18H,2,5,8-11H2,1H3. The molecule has 1 fully saturated rings. The molecule has 0 bridgehead atoms. The zero-order valence-corrected chi connectivity index (χ0v) is 11.3. The van der Waals surface area contributed by atoms with Gasteiger partial charge >= 0.3 is 0 Å². The van der Waals surface area contributed by atoms with Gasteiger partial charge in [-0.3, -0.25) is 0 Å². The summed E-state index contributed by atoms with van der Waals surface area (Å²) in [7, 11) is 0. The summed E-state index contributed by atoms with van der Waals surface area (Å²) in [5, 5.41) is 12.7. The predicted molar refractivity (Wildman–Crippen MR) is 74.3 cm³/mol. The number of rotatable bonds is 3. The smallest absolute Gasteiger partial charge is 0.146 e. The number of anilines is 1. The van der Waals surface area contributed by atoms with Crippen LogP contribution in [0.5, 0.6) is 0 Å². The molecule has 3 nitrogen and oxygen atoms in total. The SMILES string of the molecule is CCN1CCCC(C#N)(Nc2ccccc2F)CC1. The Bertz CT molecular complexity index is 469. The third kappa shape index (κ3) is 3.24. The van der Waals surface area contributed by atoms with Gasteiger partial charge in [-0.05, 0) is 44.5 Å². The van der Waals surface area contributed by atoms with Crippen LogP contribution in [-0.4, -0.2) is 30.1 Å². The van der Waals surface area contributed by atoms with E-state index in [4.69, 9.17) is 0 Å². The van der Waals surface area contributed by atoms with Gasteiger partial charge in [-0.1, -0.05) is 19.1 Å². The number of nitrogens with zero attached hydrogens (tertiary/aromatic N) is 2. The predicted octanol–water partition coefficient (Wildman–Crippen LogP) is 3.01. The molecule has 102 valence electrons. The van der Waals surface area contributed by atoms with Gasteiger partial charge in [-0.25, -0.2) is 4.39 Å². The van der Waals surface area contributed by atoms with Crippen LogP contribution >= 0.6 is 0 Å². The molecule has 1 N–H and O–H groups in total. The van der Waals surface area contributed by atoms with E-state index in [1.165, 1.54) is 6.07 Å². The van der Waals surface area contributed by atoms with Gasteiger partial charge in [-0.2, -0.15) is 5.26 Å². The molecular weight excluding hydrogens is 241 g/mol. The Morgan fingerprint density at radius 2 is 2.16 bits per heavy atom. The first-order valence-electron chi connectivity index (χ1n) is 6.85. The first-order valence-corrected chi connectivity index (χ1v) is 6.85. The van der Waals surface area contributed by atoms with Crippen molar-refractivity contribution in [2.45, 2.75) is 31.7 Å². The van der Waals surface area contributed by atoms with Gasteiger partial charge in [0.25, 0.3) is 0 Å². The lowest BCUT2D eigenvalue weighted by molar-refractivity contribution is 0.297. The number of hydrogen-bond donors (Lipinski definition) is 1. The van der Waals surface area contributed by atoms with Crippen molar-refractivity contribution in [3.8, 4) is 6.07 Å². The van der Waals surface area contributed by atoms with E-state index in [-0.39, 0.29) is 5.82 Å². The lowest BCUT2D eigenvalue weighted by Gasteiger charge is -2.28. The molecular formula is C15H20FN3. The van der Waals surface area contributed by atoms with Gasteiger partial charge in [0.15, 0.2) is 0 Å². The highest BCUT2D eigenvalue weighted by Gasteiger charge is 2.32. The van der Waals surface area contributed by atoms with Crippen LogP contribution in [0.25, 0.3) is 0 Å². The maximum absolute atomic E-state index is 13.7. The first-order chi connectivity index (χ1) is 9.19. The van der Waals surface area contributed by atoms with E-state index < -0.39 is 5.54 Å². The molecule has 0 aromatic heterocycles. The quantitative estimate of drug-likeness (QED) is 0.909. The summed E-state index contributed by atoms with van der Waals surface area (Å²) in [6.45, 7) is 5.02. The summed E-state index contributed by atoms with van der Waals surface area (Å²) in [5.41, 5.74) is -0.222. The zero-order valence-electron chi connectivity index (χ0n) is 11.3. The van der Waals surface area contributed by atoms with Gasteiger partial charge in [0.1, 0.15) is 11.4 Å². The van der Waals surface area contributed by atoms with Crippen LogP contribution in [0.3, 0.4) is 0 Å². The van der Waals surface area contributed by atoms with E-state index in [0.717, 1.165) is 38.9 Å². The Morgan fingerprint density at radius 3 is 2.84 bits per heavy atom. The molecule has 1 aliphatic heterocycles. The lowest BCUT2D eigenvalue weighted by Crippen LogP contribution is -2.38. The highest BCUT2D eigenvalue weighted by molar-refractivity contribution is 5.49. The molecule has 0 spiro atoms. The van der Waals surface area contributed by atoms with Crippen molar-refractivity contribution >= 4 is 5.69 Å². The molecule has 1 aromatic rings. The van der Waals surface area contributed by atoms with Crippen LogP contribution in [0.15, 0.2) is 24.3 Å². The van der Waals surface area contributed by atoms with Gasteiger partial charge < -0.3 is 10.2 Å². The van der Waals surface area contributed by atoms with Crippen LogP contribution in [0.2, 0.25) is 0 Å². The molecule has 0 aliphatic carbocycles. The maximum Gasteiger partial charge on any atom is 0.146 e. The Hall–Kier alpha value is -1.60. The number of likely N-dealkylation sites (tertiary alicyclic amines) is 1. The average molecular weight is 261 g/mol. The molecule has 4 heteroatoms. The molecule has 1 aromatic carbocycles. The lowest BCUT2D eigenvalue weighted by atomic mass is 9.92. The van der Waals surface area contributed by atoms with E-state index in [1.807, 2.05) is 0 Å². The molecule has 1 heterocycles. The van der Waals surface area contributed by atoms with Gasteiger partial charge in [-0.15, -0.1) is 0 Å². The number of benzene rings is 1. The second-order valence-electron chi connectivity index (χ2n) is 5.09. The minimum Gasteiger partial charge on any atom is -0.365 e. The molecule has 1 aliphatic rings. The van der Waals surface area contributed by atoms with Crippen LogP contribution in [0, 0.1) is 17.1 Å². The van der Waals surface area contributed by atoms with E-state index in [9.17, 15) is 9.65 Å². The molecule has 1 saturated heterocycles. The fraction of sp³-hybridized carbons (Fsp3) is 0.533. The zero-order chi connectivity index (χ0) is 13.7. The van der Waals surface area contributed by atoms with E-state index >= 15 is 0 Å². The molecule has 0 radical (unpaired) electrons. The van der Waals surface area contributed by atoms with E-state index in [0.29, 0.717) is 5.69 Å². The van der Waals surface area contributed by atoms with Gasteiger partial charge in [0.05, 0.1) is 11.8 Å². The molecule has 0 amide bonds. The first kappa shape index (κ1) is 13.8. The topological polar surface area (TPSA) is 39.1 Å². The summed E-state index contributed by atoms with van der Waals surface area (Å²) >= 11 is 0. The minimum absolute atomic E-state index is 0.297. The number of halogens is 1. The van der Waals surface area contributed by atoms with Gasteiger partial charge in [0, 0.05) is 6.54 Å². The maximum atomic E-state index is 13.7. The number of nitriles is 1. The Morgan fingerprint density at radius 1 is 1.37 bits per heavy atom. The fourth-order valence-corrected chi connectivity index (χ4v) is 2.59. The van der Waals surface area contributed by atoms with Crippen LogP contribution in [0.1, 0.15) is 26.2 Å². The fourth-order valence-electron chi connectivity index (χ4n) is 2.59. The van der Waals surface area contributed by atoms with Crippen LogP contribution in [-0.2, 0) is 0 Å². The van der Waals surface area contributed by atoms with Crippen molar-refractivity contribution in [2.24, 2.45) is 0 Å². The Balaban J connectivity index is 2.15. The summed E-state index contributed by atoms with van der Waals surface area (Å²) in [4.78, 5) is 2.34. The van der Waals surface area contributed by atoms with E-state index in [2.05, 4.69) is 23.2 Å². The third-order valence-corrected chi connectivity index (χ3v) is 3.84. The monoisotopic (exact) mass is 261 g/mol. The number of hydrogen-bond acceptors (Lipinski definition) is 3. The molecule has 0 saturated carbocycles. The van der Waals surface area contributed by atoms with Crippen molar-refractivity contribution in [2.75, 3.05) is 25.0 Å². The summed E-state index contributed by atoms with van der Waals surface area (Å²) in [5.74, 6) is -0.297. The highest BCUT2D eigenvalue weighted by Crippen LogP contribution is 2.27. The van der Waals surface area contributed by atoms with Crippen molar-refractivity contribution in [3.05, 3.63) is 30.1 Å². The largest absolute Gasteiger partial charge is 0.365 e. The van der Waals surface area contributed by atoms with Gasteiger partial charge in [0.2, 0.25) is 0 Å². The molecule has 2 rings (SSSR count). The average Bonchev–Trinajstić information content (AvgIpc) is 2.64. The van der Waals surface area contributed by atoms with Crippen LogP contribution < -0.4 is 5.32 Å².